The summed E-state index contributed by atoms with van der Waals surface area (Å²) in [7, 11) is 4.01. The molecule has 2 aromatic carbocycles. The fourth-order valence-corrected chi connectivity index (χ4v) is 2.15. The maximum absolute atomic E-state index is 10.5. The zero-order valence-corrected chi connectivity index (χ0v) is 11.8. The van der Waals surface area contributed by atoms with Crippen LogP contribution >= 0.6 is 0 Å². The van der Waals surface area contributed by atoms with Crippen molar-refractivity contribution in [3.8, 4) is 0 Å². The van der Waals surface area contributed by atoms with Crippen LogP contribution in [0.5, 0.6) is 0 Å². The molecular weight excluding hydrogens is 234 g/mol. The van der Waals surface area contributed by atoms with E-state index in [2.05, 4.69) is 19.1 Å². The summed E-state index contributed by atoms with van der Waals surface area (Å²) in [6.07, 6.45) is 0.421. The molecule has 1 unspecified atom stereocenters. The van der Waals surface area contributed by atoms with Crippen LogP contribution in [0.15, 0.2) is 48.5 Å². The maximum atomic E-state index is 10.5. The van der Waals surface area contributed by atoms with Gasteiger partial charge in [0, 0.05) is 19.8 Å². The molecule has 0 aromatic heterocycles. The third-order valence-corrected chi connectivity index (χ3v) is 3.38. The van der Waals surface area contributed by atoms with Crippen molar-refractivity contribution in [2.75, 3.05) is 19.0 Å². The highest BCUT2D eigenvalue weighted by Crippen LogP contribution is 2.25. The van der Waals surface area contributed by atoms with E-state index in [1.165, 1.54) is 5.56 Å². The van der Waals surface area contributed by atoms with E-state index in [9.17, 15) is 5.11 Å². The molecule has 0 aliphatic heterocycles. The number of aliphatic hydroxyl groups is 1. The smallest absolute Gasteiger partial charge is 0.104 e. The van der Waals surface area contributed by atoms with Gasteiger partial charge in [-0.15, -0.1) is 0 Å². The van der Waals surface area contributed by atoms with Crippen LogP contribution in [0.2, 0.25) is 0 Å². The molecule has 19 heavy (non-hydrogen) atoms. The van der Waals surface area contributed by atoms with Crippen molar-refractivity contribution >= 4 is 5.69 Å². The highest BCUT2D eigenvalue weighted by molar-refractivity contribution is 5.49. The molecule has 0 amide bonds. The van der Waals surface area contributed by atoms with E-state index < -0.39 is 6.10 Å². The zero-order chi connectivity index (χ0) is 13.8. The topological polar surface area (TPSA) is 23.5 Å². The van der Waals surface area contributed by atoms with Gasteiger partial charge < -0.3 is 10.0 Å². The molecular formula is C17H21NO. The van der Waals surface area contributed by atoms with Crippen LogP contribution in [-0.2, 0) is 6.42 Å². The number of hydrogen-bond donors (Lipinski definition) is 1. The maximum Gasteiger partial charge on any atom is 0.104 e. The van der Waals surface area contributed by atoms with Crippen molar-refractivity contribution in [3.05, 3.63) is 65.2 Å². The molecule has 0 saturated carbocycles. The molecule has 0 radical (unpaired) electrons. The van der Waals surface area contributed by atoms with Crippen LogP contribution in [0.3, 0.4) is 0 Å². The van der Waals surface area contributed by atoms with Crippen LogP contribution in [0.25, 0.3) is 0 Å². The van der Waals surface area contributed by atoms with Gasteiger partial charge in [0.2, 0.25) is 0 Å². The minimum atomic E-state index is -0.564. The molecule has 0 fully saturated rings. The normalized spacial score (nSPS) is 12.2. The Morgan fingerprint density at radius 2 is 1.63 bits per heavy atom. The predicted molar refractivity (Wildman–Crippen MR) is 80.7 cm³/mol. The number of aryl methyl sites for hydroxylation is 1. The lowest BCUT2D eigenvalue weighted by atomic mass is 9.98. The van der Waals surface area contributed by atoms with Crippen molar-refractivity contribution < 1.29 is 5.11 Å². The quantitative estimate of drug-likeness (QED) is 0.905. The molecule has 1 N–H and O–H groups in total. The number of nitrogens with zero attached hydrogens (tertiary/aromatic N) is 1. The van der Waals surface area contributed by atoms with Gasteiger partial charge in [0.25, 0.3) is 0 Å². The lowest BCUT2D eigenvalue weighted by molar-refractivity contribution is 0.220. The molecule has 2 heteroatoms. The van der Waals surface area contributed by atoms with Gasteiger partial charge in [-0.1, -0.05) is 43.3 Å². The number of aliphatic hydroxyl groups excluding tert-OH is 1. The second kappa shape index (κ2) is 5.89. The Morgan fingerprint density at radius 3 is 2.26 bits per heavy atom. The fraction of sp³-hybridized carbons (Fsp3) is 0.294. The molecule has 2 rings (SSSR count). The summed E-state index contributed by atoms with van der Waals surface area (Å²) in [6.45, 7) is 2.12. The van der Waals surface area contributed by atoms with Crippen molar-refractivity contribution in [1.29, 1.82) is 0 Å². The van der Waals surface area contributed by atoms with E-state index in [1.54, 1.807) is 0 Å². The minimum Gasteiger partial charge on any atom is -0.384 e. The van der Waals surface area contributed by atoms with Crippen LogP contribution in [0.1, 0.15) is 29.7 Å². The summed E-state index contributed by atoms with van der Waals surface area (Å²) in [5.41, 5.74) is 4.23. The Balaban J connectivity index is 2.32. The Kier molecular flexibility index (Phi) is 4.23. The van der Waals surface area contributed by atoms with Crippen molar-refractivity contribution in [1.82, 2.24) is 0 Å². The van der Waals surface area contributed by atoms with E-state index in [4.69, 9.17) is 0 Å². The summed E-state index contributed by atoms with van der Waals surface area (Å²) in [5, 5.41) is 10.5. The first-order valence-electron chi connectivity index (χ1n) is 6.66. The molecule has 2 aromatic rings. The van der Waals surface area contributed by atoms with Crippen molar-refractivity contribution in [2.45, 2.75) is 19.4 Å². The zero-order valence-electron chi connectivity index (χ0n) is 11.8. The molecule has 0 heterocycles. The lowest BCUT2D eigenvalue weighted by Crippen LogP contribution is -2.09. The Hall–Kier alpha value is -1.80. The molecule has 0 spiro atoms. The van der Waals surface area contributed by atoms with Gasteiger partial charge in [0.1, 0.15) is 6.10 Å². The van der Waals surface area contributed by atoms with E-state index in [1.807, 2.05) is 55.4 Å². The van der Waals surface area contributed by atoms with Crippen LogP contribution in [0, 0.1) is 0 Å². The van der Waals surface area contributed by atoms with Gasteiger partial charge in [-0.3, -0.25) is 0 Å². The van der Waals surface area contributed by atoms with Gasteiger partial charge >= 0.3 is 0 Å². The first-order valence-corrected chi connectivity index (χ1v) is 6.66. The standard InChI is InChI=1S/C17H21NO/c1-4-13-7-5-8-14(11-13)17(19)15-9-6-10-16(12-15)18(2)3/h5-12,17,19H,4H2,1-3H3. The van der Waals surface area contributed by atoms with Gasteiger partial charge in [-0.2, -0.15) is 0 Å². The summed E-state index contributed by atoms with van der Waals surface area (Å²) < 4.78 is 0. The number of anilines is 1. The van der Waals surface area contributed by atoms with Gasteiger partial charge in [-0.05, 0) is 35.2 Å². The molecule has 2 nitrogen and oxygen atoms in total. The first kappa shape index (κ1) is 13.6. The van der Waals surface area contributed by atoms with Gasteiger partial charge in [0.15, 0.2) is 0 Å². The predicted octanol–water partition coefficient (Wildman–Crippen LogP) is 3.40. The molecule has 0 aliphatic carbocycles. The molecule has 0 bridgehead atoms. The third-order valence-electron chi connectivity index (χ3n) is 3.38. The van der Waals surface area contributed by atoms with Crippen LogP contribution in [-0.4, -0.2) is 19.2 Å². The summed E-state index contributed by atoms with van der Waals surface area (Å²) in [5.74, 6) is 0. The first-order chi connectivity index (χ1) is 9.11. The number of benzene rings is 2. The largest absolute Gasteiger partial charge is 0.384 e. The average Bonchev–Trinajstić information content (AvgIpc) is 2.46. The third kappa shape index (κ3) is 3.15. The Bertz CT molecular complexity index is 548. The highest BCUT2D eigenvalue weighted by Gasteiger charge is 2.11. The van der Waals surface area contributed by atoms with Gasteiger partial charge in [-0.25, -0.2) is 0 Å². The van der Waals surface area contributed by atoms with Gasteiger partial charge in [0.05, 0.1) is 0 Å². The van der Waals surface area contributed by atoms with Crippen LogP contribution < -0.4 is 4.90 Å². The Morgan fingerprint density at radius 1 is 1.00 bits per heavy atom. The fourth-order valence-electron chi connectivity index (χ4n) is 2.15. The summed E-state index contributed by atoms with van der Waals surface area (Å²) in [6, 6.07) is 16.2. The minimum absolute atomic E-state index is 0.564. The second-order valence-electron chi connectivity index (χ2n) is 4.99. The van der Waals surface area contributed by atoms with Crippen molar-refractivity contribution in [2.24, 2.45) is 0 Å². The SMILES string of the molecule is CCc1cccc(C(O)c2cccc(N(C)C)c2)c1. The number of hydrogen-bond acceptors (Lipinski definition) is 2. The lowest BCUT2D eigenvalue weighted by Gasteiger charge is -2.17. The van der Waals surface area contributed by atoms with E-state index in [0.29, 0.717) is 0 Å². The Labute approximate surface area is 115 Å². The number of rotatable bonds is 4. The average molecular weight is 255 g/mol. The van der Waals surface area contributed by atoms with E-state index in [0.717, 1.165) is 23.2 Å². The van der Waals surface area contributed by atoms with E-state index in [-0.39, 0.29) is 0 Å². The van der Waals surface area contributed by atoms with Crippen molar-refractivity contribution in [3.63, 3.8) is 0 Å². The highest BCUT2D eigenvalue weighted by atomic mass is 16.3. The monoisotopic (exact) mass is 255 g/mol. The molecule has 100 valence electrons. The molecule has 0 aliphatic rings. The summed E-state index contributed by atoms with van der Waals surface area (Å²) >= 11 is 0. The molecule has 1 atom stereocenters. The van der Waals surface area contributed by atoms with E-state index >= 15 is 0 Å². The second-order valence-corrected chi connectivity index (χ2v) is 4.99. The molecule has 0 saturated heterocycles. The van der Waals surface area contributed by atoms with Crippen LogP contribution in [0.4, 0.5) is 5.69 Å². The summed E-state index contributed by atoms with van der Waals surface area (Å²) in [4.78, 5) is 2.04.